The summed E-state index contributed by atoms with van der Waals surface area (Å²) >= 11 is 0. The van der Waals surface area contributed by atoms with Gasteiger partial charge in [-0.1, -0.05) is 20.3 Å². The van der Waals surface area contributed by atoms with Crippen molar-refractivity contribution in [1.82, 2.24) is 10.0 Å². The maximum absolute atomic E-state index is 11.8. The van der Waals surface area contributed by atoms with Crippen molar-refractivity contribution in [2.75, 3.05) is 18.8 Å². The molecule has 0 radical (unpaired) electrons. The molecule has 0 amide bonds. The van der Waals surface area contributed by atoms with Gasteiger partial charge in [-0.2, -0.15) is 0 Å². The molecule has 1 saturated carbocycles. The summed E-state index contributed by atoms with van der Waals surface area (Å²) < 4.78 is 26.3. The summed E-state index contributed by atoms with van der Waals surface area (Å²) in [5, 5.41) is 3.13. The molecule has 5 heteroatoms. The van der Waals surface area contributed by atoms with Crippen molar-refractivity contribution >= 4 is 10.0 Å². The minimum absolute atomic E-state index is 0.170. The largest absolute Gasteiger partial charge is 0.317 e. The number of hydrogen-bond donors (Lipinski definition) is 2. The van der Waals surface area contributed by atoms with Crippen LogP contribution in [0, 0.1) is 5.92 Å². The molecule has 0 aromatic carbocycles. The van der Waals surface area contributed by atoms with E-state index in [0.29, 0.717) is 12.3 Å². The van der Waals surface area contributed by atoms with E-state index < -0.39 is 10.0 Å². The molecule has 2 atom stereocenters. The Labute approximate surface area is 99.2 Å². The molecule has 0 heterocycles. The summed E-state index contributed by atoms with van der Waals surface area (Å²) in [6, 6.07) is 0.170. The molecule has 0 aromatic rings. The zero-order valence-corrected chi connectivity index (χ0v) is 11.1. The number of rotatable bonds is 7. The van der Waals surface area contributed by atoms with Gasteiger partial charge < -0.3 is 5.32 Å². The van der Waals surface area contributed by atoms with Gasteiger partial charge in [0.05, 0.1) is 5.75 Å². The predicted molar refractivity (Wildman–Crippen MR) is 66.9 cm³/mol. The van der Waals surface area contributed by atoms with E-state index in [-0.39, 0.29) is 11.8 Å². The SMILES string of the molecule is CCNCCCS(=O)(=O)NC1CCCC1C. The van der Waals surface area contributed by atoms with Gasteiger partial charge in [0.2, 0.25) is 10.0 Å². The second-order valence-corrected chi connectivity index (χ2v) is 6.53. The normalized spacial score (nSPS) is 26.1. The summed E-state index contributed by atoms with van der Waals surface area (Å²) in [5.74, 6) is 0.729. The molecule has 1 aliphatic rings. The van der Waals surface area contributed by atoms with Crippen LogP contribution in [0.4, 0.5) is 0 Å². The summed E-state index contributed by atoms with van der Waals surface area (Å²) in [7, 11) is -3.07. The average Bonchev–Trinajstić information content (AvgIpc) is 2.59. The van der Waals surface area contributed by atoms with E-state index in [9.17, 15) is 8.42 Å². The Bertz CT molecular complexity index is 290. The fourth-order valence-corrected chi connectivity index (χ4v) is 3.63. The van der Waals surface area contributed by atoms with Gasteiger partial charge >= 0.3 is 0 Å². The number of hydrogen-bond acceptors (Lipinski definition) is 3. The first-order valence-electron chi connectivity index (χ1n) is 6.26. The lowest BCUT2D eigenvalue weighted by molar-refractivity contribution is 0.475. The van der Waals surface area contributed by atoms with Gasteiger partial charge in [-0.15, -0.1) is 0 Å². The fourth-order valence-electron chi connectivity index (χ4n) is 2.17. The van der Waals surface area contributed by atoms with Gasteiger partial charge in [-0.25, -0.2) is 13.1 Å². The molecule has 4 nitrogen and oxygen atoms in total. The molecular formula is C11H24N2O2S. The molecule has 2 N–H and O–H groups in total. The molecule has 1 aliphatic carbocycles. The van der Waals surface area contributed by atoms with Gasteiger partial charge in [0, 0.05) is 6.04 Å². The van der Waals surface area contributed by atoms with Crippen LogP contribution in [0.15, 0.2) is 0 Å². The number of sulfonamides is 1. The van der Waals surface area contributed by atoms with Gasteiger partial charge in [0.1, 0.15) is 0 Å². The van der Waals surface area contributed by atoms with Gasteiger partial charge in [-0.3, -0.25) is 0 Å². The highest BCUT2D eigenvalue weighted by Crippen LogP contribution is 2.25. The third kappa shape index (κ3) is 4.80. The van der Waals surface area contributed by atoms with Crippen molar-refractivity contribution in [3.8, 4) is 0 Å². The molecule has 0 saturated heterocycles. The van der Waals surface area contributed by atoms with Crippen LogP contribution in [-0.2, 0) is 10.0 Å². The lowest BCUT2D eigenvalue weighted by Gasteiger charge is -2.17. The first kappa shape index (κ1) is 13.9. The predicted octanol–water partition coefficient (Wildman–Crippen LogP) is 1.09. The van der Waals surface area contributed by atoms with Crippen molar-refractivity contribution < 1.29 is 8.42 Å². The highest BCUT2D eigenvalue weighted by atomic mass is 32.2. The molecule has 1 rings (SSSR count). The molecule has 2 unspecified atom stereocenters. The van der Waals surface area contributed by atoms with Gasteiger partial charge in [-0.05, 0) is 38.3 Å². The molecule has 16 heavy (non-hydrogen) atoms. The van der Waals surface area contributed by atoms with Gasteiger partial charge in [0.15, 0.2) is 0 Å². The standard InChI is InChI=1S/C11H24N2O2S/c1-3-12-8-5-9-16(14,15)13-11-7-4-6-10(11)2/h10-13H,3-9H2,1-2H3. The van der Waals surface area contributed by atoms with Gasteiger partial charge in [0.25, 0.3) is 0 Å². The van der Waals surface area contributed by atoms with Crippen LogP contribution in [-0.4, -0.2) is 33.3 Å². The molecular weight excluding hydrogens is 224 g/mol. The van der Waals surface area contributed by atoms with E-state index in [1.54, 1.807) is 0 Å². The van der Waals surface area contributed by atoms with E-state index in [1.165, 1.54) is 0 Å². The van der Waals surface area contributed by atoms with E-state index >= 15 is 0 Å². The highest BCUT2D eigenvalue weighted by Gasteiger charge is 2.26. The minimum Gasteiger partial charge on any atom is -0.317 e. The average molecular weight is 248 g/mol. The van der Waals surface area contributed by atoms with E-state index in [1.807, 2.05) is 6.92 Å². The van der Waals surface area contributed by atoms with Crippen LogP contribution >= 0.6 is 0 Å². The number of nitrogens with one attached hydrogen (secondary N) is 2. The lowest BCUT2D eigenvalue weighted by atomic mass is 10.1. The van der Waals surface area contributed by atoms with Crippen molar-refractivity contribution in [3.63, 3.8) is 0 Å². The third-order valence-corrected chi connectivity index (χ3v) is 4.70. The van der Waals surface area contributed by atoms with Crippen LogP contribution in [0.5, 0.6) is 0 Å². The topological polar surface area (TPSA) is 58.2 Å². The van der Waals surface area contributed by atoms with Crippen molar-refractivity contribution in [2.45, 2.75) is 45.6 Å². The lowest BCUT2D eigenvalue weighted by Crippen LogP contribution is -2.38. The van der Waals surface area contributed by atoms with Crippen molar-refractivity contribution in [2.24, 2.45) is 5.92 Å². The Hall–Kier alpha value is -0.130. The van der Waals surface area contributed by atoms with Crippen molar-refractivity contribution in [1.29, 1.82) is 0 Å². The highest BCUT2D eigenvalue weighted by molar-refractivity contribution is 7.89. The maximum Gasteiger partial charge on any atom is 0.211 e. The van der Waals surface area contributed by atoms with Crippen LogP contribution < -0.4 is 10.0 Å². The second kappa shape index (κ2) is 6.57. The fraction of sp³-hybridized carbons (Fsp3) is 1.00. The van der Waals surface area contributed by atoms with Crippen LogP contribution in [0.2, 0.25) is 0 Å². The summed E-state index contributed by atoms with van der Waals surface area (Å²) in [6.45, 7) is 5.82. The van der Waals surface area contributed by atoms with Crippen LogP contribution in [0.1, 0.15) is 39.5 Å². The van der Waals surface area contributed by atoms with E-state index in [4.69, 9.17) is 0 Å². The zero-order valence-electron chi connectivity index (χ0n) is 10.3. The summed E-state index contributed by atoms with van der Waals surface area (Å²) in [4.78, 5) is 0. The van der Waals surface area contributed by atoms with Crippen molar-refractivity contribution in [3.05, 3.63) is 0 Å². The first-order chi connectivity index (χ1) is 7.55. The first-order valence-corrected chi connectivity index (χ1v) is 7.91. The van der Waals surface area contributed by atoms with E-state index in [0.717, 1.165) is 32.4 Å². The molecule has 1 fully saturated rings. The summed E-state index contributed by atoms with van der Waals surface area (Å²) in [5.41, 5.74) is 0. The Morgan fingerprint density at radius 2 is 2.06 bits per heavy atom. The van der Waals surface area contributed by atoms with E-state index in [2.05, 4.69) is 17.0 Å². The second-order valence-electron chi connectivity index (χ2n) is 4.66. The Morgan fingerprint density at radius 1 is 1.31 bits per heavy atom. The quantitative estimate of drug-likeness (QED) is 0.663. The minimum atomic E-state index is -3.07. The molecule has 0 bridgehead atoms. The van der Waals surface area contributed by atoms with Crippen LogP contribution in [0.25, 0.3) is 0 Å². The third-order valence-electron chi connectivity index (χ3n) is 3.21. The maximum atomic E-state index is 11.8. The molecule has 0 aromatic heterocycles. The Kier molecular flexibility index (Phi) is 5.72. The summed E-state index contributed by atoms with van der Waals surface area (Å²) in [6.07, 6.45) is 3.97. The Balaban J connectivity index is 2.28. The monoisotopic (exact) mass is 248 g/mol. The molecule has 0 aliphatic heterocycles. The zero-order chi connectivity index (χ0) is 12.0. The molecule has 0 spiro atoms. The smallest absolute Gasteiger partial charge is 0.211 e. The van der Waals surface area contributed by atoms with Crippen LogP contribution in [0.3, 0.4) is 0 Å². The Morgan fingerprint density at radius 3 is 2.62 bits per heavy atom. The molecule has 96 valence electrons.